The summed E-state index contributed by atoms with van der Waals surface area (Å²) in [4.78, 5) is 2.12. The molecule has 0 aliphatic carbocycles. The zero-order valence-corrected chi connectivity index (χ0v) is 11.3. The van der Waals surface area contributed by atoms with Crippen molar-refractivity contribution in [2.75, 3.05) is 27.2 Å². The minimum absolute atomic E-state index is 0.294. The van der Waals surface area contributed by atoms with Crippen LogP contribution in [0.3, 0.4) is 0 Å². The van der Waals surface area contributed by atoms with E-state index in [9.17, 15) is 8.78 Å². The largest absolute Gasteiger partial charge is 0.314 e. The van der Waals surface area contributed by atoms with Crippen molar-refractivity contribution < 1.29 is 8.78 Å². The smallest absolute Gasteiger partial charge is 0.159 e. The molecular formula is C14H22F2N2. The molecule has 0 aliphatic heterocycles. The Morgan fingerprint density at radius 3 is 2.50 bits per heavy atom. The van der Waals surface area contributed by atoms with Gasteiger partial charge in [-0.3, -0.25) is 0 Å². The summed E-state index contributed by atoms with van der Waals surface area (Å²) >= 11 is 0. The van der Waals surface area contributed by atoms with Crippen LogP contribution >= 0.6 is 0 Å². The summed E-state index contributed by atoms with van der Waals surface area (Å²) in [7, 11) is 4.06. The predicted molar refractivity (Wildman–Crippen MR) is 70.7 cm³/mol. The molecule has 1 rings (SSSR count). The number of likely N-dealkylation sites (N-methyl/N-ethyl adjacent to an activating group) is 1. The Kier molecular flexibility index (Phi) is 6.22. The third kappa shape index (κ3) is 5.10. The van der Waals surface area contributed by atoms with Crippen molar-refractivity contribution in [1.82, 2.24) is 10.2 Å². The van der Waals surface area contributed by atoms with E-state index >= 15 is 0 Å². The van der Waals surface area contributed by atoms with E-state index in [-0.39, 0.29) is 0 Å². The van der Waals surface area contributed by atoms with Gasteiger partial charge < -0.3 is 10.2 Å². The Morgan fingerprint density at radius 2 is 1.94 bits per heavy atom. The van der Waals surface area contributed by atoms with Crippen LogP contribution in [0.2, 0.25) is 0 Å². The standard InChI is InChI=1S/C14H22F2N2/c1-4-17-12(7-8-18(2)3)9-11-5-6-13(15)14(16)10-11/h5-6,10,12,17H,4,7-9H2,1-3H3. The number of benzene rings is 1. The summed E-state index contributed by atoms with van der Waals surface area (Å²) in [6.07, 6.45) is 1.71. The highest BCUT2D eigenvalue weighted by molar-refractivity contribution is 5.18. The van der Waals surface area contributed by atoms with E-state index in [1.807, 2.05) is 21.0 Å². The van der Waals surface area contributed by atoms with Gasteiger partial charge in [-0.25, -0.2) is 8.78 Å². The van der Waals surface area contributed by atoms with E-state index in [0.29, 0.717) is 6.04 Å². The van der Waals surface area contributed by atoms with Gasteiger partial charge in [-0.1, -0.05) is 13.0 Å². The zero-order chi connectivity index (χ0) is 13.5. The zero-order valence-electron chi connectivity index (χ0n) is 11.3. The Hall–Kier alpha value is -1.00. The molecule has 4 heteroatoms. The molecule has 0 heterocycles. The normalized spacial score (nSPS) is 13.0. The summed E-state index contributed by atoms with van der Waals surface area (Å²) in [6, 6.07) is 4.43. The fraction of sp³-hybridized carbons (Fsp3) is 0.571. The van der Waals surface area contributed by atoms with Crippen LogP contribution in [0.1, 0.15) is 18.9 Å². The van der Waals surface area contributed by atoms with Crippen LogP contribution in [0.4, 0.5) is 8.78 Å². The lowest BCUT2D eigenvalue weighted by Crippen LogP contribution is -2.34. The van der Waals surface area contributed by atoms with Gasteiger partial charge in [-0.15, -0.1) is 0 Å². The van der Waals surface area contributed by atoms with Crippen LogP contribution < -0.4 is 5.32 Å². The first-order valence-electron chi connectivity index (χ1n) is 6.35. The first-order chi connectivity index (χ1) is 8.52. The molecule has 1 atom stereocenters. The van der Waals surface area contributed by atoms with Gasteiger partial charge in [0.25, 0.3) is 0 Å². The van der Waals surface area contributed by atoms with E-state index < -0.39 is 11.6 Å². The third-order valence-electron chi connectivity index (χ3n) is 2.88. The maximum absolute atomic E-state index is 13.1. The molecule has 102 valence electrons. The number of nitrogens with one attached hydrogen (secondary N) is 1. The summed E-state index contributed by atoms with van der Waals surface area (Å²) < 4.78 is 26.0. The second kappa shape index (κ2) is 7.44. The molecule has 18 heavy (non-hydrogen) atoms. The van der Waals surface area contributed by atoms with Crippen LogP contribution in [-0.4, -0.2) is 38.1 Å². The predicted octanol–water partition coefficient (Wildman–Crippen LogP) is 2.44. The fourth-order valence-corrected chi connectivity index (χ4v) is 1.93. The van der Waals surface area contributed by atoms with Gasteiger partial charge in [0.1, 0.15) is 0 Å². The average Bonchev–Trinajstić information content (AvgIpc) is 2.31. The maximum Gasteiger partial charge on any atom is 0.159 e. The SMILES string of the molecule is CCNC(CCN(C)C)Cc1ccc(F)c(F)c1. The van der Waals surface area contributed by atoms with Crippen LogP contribution in [0.25, 0.3) is 0 Å². The second-order valence-electron chi connectivity index (χ2n) is 4.80. The molecule has 0 spiro atoms. The summed E-state index contributed by atoms with van der Waals surface area (Å²) in [5, 5.41) is 3.38. The molecule has 1 unspecified atom stereocenters. The molecule has 0 fully saturated rings. The van der Waals surface area contributed by atoms with Crippen molar-refractivity contribution in [2.45, 2.75) is 25.8 Å². The lowest BCUT2D eigenvalue weighted by molar-refractivity contribution is 0.358. The molecule has 1 aromatic rings. The van der Waals surface area contributed by atoms with Crippen molar-refractivity contribution in [3.05, 3.63) is 35.4 Å². The van der Waals surface area contributed by atoms with Crippen molar-refractivity contribution in [3.63, 3.8) is 0 Å². The van der Waals surface area contributed by atoms with Crippen molar-refractivity contribution >= 4 is 0 Å². The monoisotopic (exact) mass is 256 g/mol. The molecule has 0 amide bonds. The highest BCUT2D eigenvalue weighted by atomic mass is 19.2. The first kappa shape index (κ1) is 15.1. The Labute approximate surface area is 108 Å². The number of hydrogen-bond acceptors (Lipinski definition) is 2. The van der Waals surface area contributed by atoms with E-state index in [1.54, 1.807) is 6.07 Å². The molecule has 0 aliphatic rings. The molecule has 0 saturated carbocycles. The van der Waals surface area contributed by atoms with Gasteiger partial charge in [0.15, 0.2) is 11.6 Å². The third-order valence-corrected chi connectivity index (χ3v) is 2.88. The quantitative estimate of drug-likeness (QED) is 0.806. The van der Waals surface area contributed by atoms with Crippen molar-refractivity contribution in [3.8, 4) is 0 Å². The molecule has 2 nitrogen and oxygen atoms in total. The van der Waals surface area contributed by atoms with Crippen LogP contribution in [0.15, 0.2) is 18.2 Å². The fourth-order valence-electron chi connectivity index (χ4n) is 1.93. The van der Waals surface area contributed by atoms with Gasteiger partial charge in [-0.2, -0.15) is 0 Å². The van der Waals surface area contributed by atoms with Crippen molar-refractivity contribution in [2.24, 2.45) is 0 Å². The second-order valence-corrected chi connectivity index (χ2v) is 4.80. The average molecular weight is 256 g/mol. The molecule has 0 aromatic heterocycles. The molecular weight excluding hydrogens is 234 g/mol. The number of nitrogens with zero attached hydrogens (tertiary/aromatic N) is 1. The highest BCUT2D eigenvalue weighted by Gasteiger charge is 2.10. The van der Waals surface area contributed by atoms with Gasteiger partial charge in [0, 0.05) is 6.04 Å². The molecule has 1 N–H and O–H groups in total. The van der Waals surface area contributed by atoms with E-state index in [1.165, 1.54) is 12.1 Å². The highest BCUT2D eigenvalue weighted by Crippen LogP contribution is 2.12. The molecule has 0 bridgehead atoms. The summed E-state index contributed by atoms with van der Waals surface area (Å²) in [6.45, 7) is 3.90. The Balaban J connectivity index is 2.61. The summed E-state index contributed by atoms with van der Waals surface area (Å²) in [5.74, 6) is -1.55. The van der Waals surface area contributed by atoms with Crippen LogP contribution in [0.5, 0.6) is 0 Å². The van der Waals surface area contributed by atoms with Crippen LogP contribution in [-0.2, 0) is 6.42 Å². The summed E-state index contributed by atoms with van der Waals surface area (Å²) in [5.41, 5.74) is 0.832. The van der Waals surface area contributed by atoms with Crippen LogP contribution in [0, 0.1) is 11.6 Å². The molecule has 0 saturated heterocycles. The molecule has 1 aromatic carbocycles. The number of hydrogen-bond donors (Lipinski definition) is 1. The van der Waals surface area contributed by atoms with Gasteiger partial charge in [0.2, 0.25) is 0 Å². The van der Waals surface area contributed by atoms with E-state index in [0.717, 1.165) is 31.5 Å². The minimum atomic E-state index is -0.785. The van der Waals surface area contributed by atoms with Gasteiger partial charge in [0.05, 0.1) is 0 Å². The van der Waals surface area contributed by atoms with Gasteiger partial charge in [-0.05, 0) is 57.7 Å². The topological polar surface area (TPSA) is 15.3 Å². The maximum atomic E-state index is 13.1. The van der Waals surface area contributed by atoms with E-state index in [2.05, 4.69) is 10.2 Å². The number of halogens is 2. The van der Waals surface area contributed by atoms with Gasteiger partial charge >= 0.3 is 0 Å². The lowest BCUT2D eigenvalue weighted by atomic mass is 10.0. The van der Waals surface area contributed by atoms with Crippen molar-refractivity contribution in [1.29, 1.82) is 0 Å². The molecule has 0 radical (unpaired) electrons. The minimum Gasteiger partial charge on any atom is -0.314 e. The Bertz CT molecular complexity index is 367. The Morgan fingerprint density at radius 1 is 1.22 bits per heavy atom. The van der Waals surface area contributed by atoms with E-state index in [4.69, 9.17) is 0 Å². The number of rotatable bonds is 7. The first-order valence-corrected chi connectivity index (χ1v) is 6.35. The lowest BCUT2D eigenvalue weighted by Gasteiger charge is -2.20.